The van der Waals surface area contributed by atoms with Crippen molar-refractivity contribution in [3.05, 3.63) is 29.8 Å². The van der Waals surface area contributed by atoms with Crippen molar-refractivity contribution in [3.8, 4) is 5.75 Å². The highest BCUT2D eigenvalue weighted by Gasteiger charge is 2.47. The maximum atomic E-state index is 14.9. The molecule has 2 bridgehead atoms. The number of likely N-dealkylation sites (N-methyl/N-ethyl adjacent to an activating group) is 2. The number of benzene rings is 1. The first-order valence-corrected chi connectivity index (χ1v) is 27.7. The van der Waals surface area contributed by atoms with Crippen LogP contribution in [0.5, 0.6) is 5.75 Å². The van der Waals surface area contributed by atoms with Crippen molar-refractivity contribution in [2.24, 2.45) is 29.6 Å². The van der Waals surface area contributed by atoms with Crippen LogP contribution in [0.2, 0.25) is 0 Å². The summed E-state index contributed by atoms with van der Waals surface area (Å²) in [6.07, 6.45) is -3.91. The summed E-state index contributed by atoms with van der Waals surface area (Å²) in [5, 5.41) is 30.2. The molecule has 5 N–H and O–H groups in total. The maximum absolute atomic E-state index is 14.9. The largest absolute Gasteiger partial charge is 0.497 e. The highest BCUT2D eigenvalue weighted by Crippen LogP contribution is 2.30. The van der Waals surface area contributed by atoms with E-state index >= 15 is 0 Å². The lowest BCUT2D eigenvalue weighted by atomic mass is 9.82. The monoisotopic (exact) mass is 1100 g/mol. The van der Waals surface area contributed by atoms with Gasteiger partial charge in [-0.2, -0.15) is 0 Å². The summed E-state index contributed by atoms with van der Waals surface area (Å²) in [5.74, 6) is -10.8. The third-order valence-corrected chi connectivity index (χ3v) is 15.6. The Bertz CT molecular complexity index is 2340. The number of ether oxygens (including phenoxy) is 3. The molecule has 78 heavy (non-hydrogen) atoms. The average Bonchev–Trinajstić information content (AvgIpc) is 4.10. The van der Waals surface area contributed by atoms with Gasteiger partial charge in [0.2, 0.25) is 35.4 Å². The number of amides is 7. The molecule has 5 rings (SSSR count). The van der Waals surface area contributed by atoms with Crippen LogP contribution in [0.4, 0.5) is 0 Å². The number of nitrogens with zero attached hydrogens (tertiary/aromatic N) is 4. The first kappa shape index (κ1) is 62.7. The number of Topliss-reactive ketones (excluding diaryl/α,β-unsaturated/α-hetero) is 1. The summed E-state index contributed by atoms with van der Waals surface area (Å²) in [7, 11) is 4.30. The number of likely N-dealkylation sites (tertiary alicyclic amines) is 1. The lowest BCUT2D eigenvalue weighted by molar-refractivity contribution is -0.169. The number of carbonyl (C=O) groups excluding carboxylic acids is 10. The molecule has 434 valence electrons. The van der Waals surface area contributed by atoms with Gasteiger partial charge in [-0.05, 0) is 108 Å². The Morgan fingerprint density at radius 2 is 1.47 bits per heavy atom. The van der Waals surface area contributed by atoms with Gasteiger partial charge in [0.1, 0.15) is 54.2 Å². The van der Waals surface area contributed by atoms with Crippen LogP contribution in [0.15, 0.2) is 24.3 Å². The van der Waals surface area contributed by atoms with Gasteiger partial charge >= 0.3 is 11.9 Å². The van der Waals surface area contributed by atoms with E-state index < -0.39 is 144 Å². The third-order valence-electron chi connectivity index (χ3n) is 15.6. The molecule has 3 heterocycles. The molecule has 22 nitrogen and oxygen atoms in total. The molecular weight excluding hydrogens is 1010 g/mol. The van der Waals surface area contributed by atoms with Gasteiger partial charge in [0, 0.05) is 33.6 Å². The summed E-state index contributed by atoms with van der Waals surface area (Å²) < 4.78 is 17.3. The Hall–Kier alpha value is -6.16. The van der Waals surface area contributed by atoms with Crippen molar-refractivity contribution >= 4 is 59.1 Å². The molecule has 1 aliphatic carbocycles. The fourth-order valence-electron chi connectivity index (χ4n) is 11.0. The zero-order chi connectivity index (χ0) is 58.0. The Kier molecular flexibility index (Phi) is 22.2. The number of ketones is 1. The van der Waals surface area contributed by atoms with E-state index in [1.165, 1.54) is 61.6 Å². The number of aliphatic hydroxyl groups excluding tert-OH is 2. The van der Waals surface area contributed by atoms with E-state index in [1.54, 1.807) is 38.1 Å². The molecule has 1 aromatic carbocycles. The van der Waals surface area contributed by atoms with Gasteiger partial charge in [0.05, 0.1) is 31.1 Å². The summed E-state index contributed by atoms with van der Waals surface area (Å²) in [6, 6.07) is -2.03. The maximum Gasteiger partial charge on any atom is 0.329 e. The van der Waals surface area contributed by atoms with Gasteiger partial charge in [0.25, 0.3) is 5.91 Å². The van der Waals surface area contributed by atoms with Gasteiger partial charge in [0.15, 0.2) is 11.9 Å². The van der Waals surface area contributed by atoms with Crippen molar-refractivity contribution in [2.75, 3.05) is 34.3 Å². The molecule has 13 atom stereocenters. The van der Waals surface area contributed by atoms with Crippen LogP contribution in [-0.2, 0) is 63.8 Å². The molecule has 4 fully saturated rings. The van der Waals surface area contributed by atoms with Crippen LogP contribution in [0.25, 0.3) is 0 Å². The molecule has 1 unspecified atom stereocenters. The molecule has 1 saturated carbocycles. The van der Waals surface area contributed by atoms with E-state index in [2.05, 4.69) is 16.0 Å². The van der Waals surface area contributed by atoms with E-state index in [0.717, 1.165) is 0 Å². The van der Waals surface area contributed by atoms with Crippen molar-refractivity contribution in [3.63, 3.8) is 0 Å². The first-order chi connectivity index (χ1) is 36.7. The molecular formula is C56H85N7O15. The molecule has 0 radical (unpaired) electrons. The Labute approximate surface area is 458 Å². The smallest absolute Gasteiger partial charge is 0.329 e. The van der Waals surface area contributed by atoms with Crippen LogP contribution in [-0.4, -0.2) is 190 Å². The number of fused-ring (bicyclic) bond motifs is 3. The van der Waals surface area contributed by atoms with Gasteiger partial charge < -0.3 is 60.0 Å². The molecule has 3 saturated heterocycles. The molecule has 1 aromatic rings. The van der Waals surface area contributed by atoms with Gasteiger partial charge in [-0.15, -0.1) is 0 Å². The number of carbonyl (C=O) groups is 10. The molecule has 0 aromatic heterocycles. The van der Waals surface area contributed by atoms with Gasteiger partial charge in [-0.25, -0.2) is 4.79 Å². The predicted octanol–water partition coefficient (Wildman–Crippen LogP) is 1.68. The quantitative estimate of drug-likeness (QED) is 0.139. The number of hydrogen-bond donors (Lipinski definition) is 5. The lowest BCUT2D eigenvalue weighted by Gasteiger charge is -2.37. The number of methoxy groups -OCH3 is 1. The Morgan fingerprint density at radius 3 is 2.08 bits per heavy atom. The molecule has 22 heteroatoms. The summed E-state index contributed by atoms with van der Waals surface area (Å²) in [4.78, 5) is 149. The van der Waals surface area contributed by atoms with Crippen molar-refractivity contribution in [1.29, 1.82) is 0 Å². The summed E-state index contributed by atoms with van der Waals surface area (Å²) >= 11 is 0. The van der Waals surface area contributed by atoms with E-state index in [0.29, 0.717) is 24.2 Å². The van der Waals surface area contributed by atoms with Gasteiger partial charge in [-0.1, -0.05) is 60.1 Å². The molecule has 3 aliphatic heterocycles. The standard InChI is InChI=1S/C56H85N7O15/c1-29(2)26-39-52(71)63-25-15-19-41(63)54(73)61(11)43(28-35-20-22-36(76-12)23-21-35)56(75)77-34(9)44(59-49(68)42(27-30(3)4)60(10)53(72)40-18-14-24-62(40)51(70)33(8)64)50(69)57-38-17-13-16-37(46(38)66)55(74)78-47(31(5)6)45(65)32(7)48(67)58-39/h20-23,29-34,37-44,46-47,64,66H,13-19,24-28H2,1-12H3,(H,57,69)(H,58,67)(H,59,68)/t32-,33-,34+,37-,38-,39-,40-,41-,42+,43-,44-,46-,47?/m0/s1. The second kappa shape index (κ2) is 27.6. The number of esters is 2. The van der Waals surface area contributed by atoms with Crippen molar-refractivity contribution in [2.45, 2.75) is 193 Å². The van der Waals surface area contributed by atoms with Crippen LogP contribution >= 0.6 is 0 Å². The van der Waals surface area contributed by atoms with Crippen LogP contribution in [0.1, 0.15) is 126 Å². The van der Waals surface area contributed by atoms with E-state index in [1.807, 2.05) is 27.7 Å². The average molecular weight is 1100 g/mol. The first-order valence-electron chi connectivity index (χ1n) is 27.7. The Balaban J connectivity index is 1.60. The number of rotatable bonds is 13. The van der Waals surface area contributed by atoms with Crippen molar-refractivity contribution < 1.29 is 72.4 Å². The number of aliphatic hydroxyl groups is 2. The summed E-state index contributed by atoms with van der Waals surface area (Å²) in [6.45, 7) is 15.0. The molecule has 0 spiro atoms. The minimum absolute atomic E-state index is 0.0808. The highest BCUT2D eigenvalue weighted by atomic mass is 16.6. The van der Waals surface area contributed by atoms with Crippen molar-refractivity contribution in [1.82, 2.24) is 35.6 Å². The Morgan fingerprint density at radius 1 is 0.821 bits per heavy atom. The van der Waals surface area contributed by atoms with E-state index in [9.17, 15) is 58.2 Å². The van der Waals surface area contributed by atoms with Gasteiger partial charge in [-0.3, -0.25) is 43.2 Å². The topological polar surface area (TPSA) is 288 Å². The number of hydrogen-bond acceptors (Lipinski definition) is 15. The minimum Gasteiger partial charge on any atom is -0.497 e. The lowest BCUT2D eigenvalue weighted by Crippen LogP contribution is -2.62. The highest BCUT2D eigenvalue weighted by molar-refractivity contribution is 6.05. The second-order valence-corrected chi connectivity index (χ2v) is 22.9. The molecule has 7 amide bonds. The zero-order valence-electron chi connectivity index (χ0n) is 47.5. The fourth-order valence-corrected chi connectivity index (χ4v) is 11.0. The fraction of sp³-hybridized carbons (Fsp3) is 0.714. The van der Waals surface area contributed by atoms with Crippen LogP contribution in [0, 0.1) is 29.6 Å². The SMILES string of the molecule is COc1ccc(C[C@H]2C(=O)O[C@H](C)[C@H](NC(=O)[C@@H](CC(C)C)N(C)C(=O)[C@@H]3CCCN3C(=O)[C@H](C)O)C(=O)N[C@H]3CCC[C@H](C(=O)OC(C(C)C)C(=O)[C@H](C)C(=O)N[C@@H](CC(C)C)C(=O)N4CCC[C@H]4C(=O)N2C)[C@@H]3O)cc1. The van der Waals surface area contributed by atoms with Crippen LogP contribution < -0.4 is 20.7 Å². The number of cyclic esters (lactones) is 2. The third kappa shape index (κ3) is 15.1. The zero-order valence-corrected chi connectivity index (χ0v) is 47.5. The van der Waals surface area contributed by atoms with E-state index in [4.69, 9.17) is 14.2 Å². The predicted molar refractivity (Wildman–Crippen MR) is 283 cm³/mol. The van der Waals surface area contributed by atoms with Crippen LogP contribution in [0.3, 0.4) is 0 Å². The minimum atomic E-state index is -1.74. The van der Waals surface area contributed by atoms with E-state index in [-0.39, 0.29) is 76.3 Å². The summed E-state index contributed by atoms with van der Waals surface area (Å²) in [5.41, 5.74) is 0.576. The normalized spacial score (nSPS) is 29.1. The number of nitrogens with one attached hydrogen (secondary N) is 3. The second-order valence-electron chi connectivity index (χ2n) is 22.9. The molecule has 4 aliphatic rings.